The number of fused-ring (bicyclic) bond motifs is 1. The van der Waals surface area contributed by atoms with E-state index in [0.29, 0.717) is 5.56 Å². The van der Waals surface area contributed by atoms with Crippen LogP contribution in [0.2, 0.25) is 5.02 Å². The zero-order valence-corrected chi connectivity index (χ0v) is 17.1. The van der Waals surface area contributed by atoms with Gasteiger partial charge in [-0.25, -0.2) is 4.79 Å². The van der Waals surface area contributed by atoms with Gasteiger partial charge in [0, 0.05) is 17.6 Å². The molecule has 144 valence electrons. The molecule has 1 heterocycles. The summed E-state index contributed by atoms with van der Waals surface area (Å²) in [5, 5.41) is 4.69. The summed E-state index contributed by atoms with van der Waals surface area (Å²) >= 11 is 6.61. The van der Waals surface area contributed by atoms with Crippen LogP contribution in [0.4, 0.5) is 0 Å². The number of benzene rings is 2. The van der Waals surface area contributed by atoms with Gasteiger partial charge in [0.15, 0.2) is 0 Å². The fourth-order valence-electron chi connectivity index (χ4n) is 3.02. The predicted octanol–water partition coefficient (Wildman–Crippen LogP) is 4.92. The molecule has 3 rings (SSSR count). The molecular formula is C22H27ClN2O2. The second-order valence-corrected chi connectivity index (χ2v) is 6.68. The summed E-state index contributed by atoms with van der Waals surface area (Å²) in [5.41, 5.74) is 3.99. The fraction of sp³-hybridized carbons (Fsp3) is 0.318. The monoisotopic (exact) mass is 386 g/mol. The third-order valence-corrected chi connectivity index (χ3v) is 4.63. The van der Waals surface area contributed by atoms with Crippen molar-refractivity contribution in [2.45, 2.75) is 26.3 Å². The Morgan fingerprint density at radius 3 is 2.33 bits per heavy atom. The van der Waals surface area contributed by atoms with E-state index in [2.05, 4.69) is 28.9 Å². The van der Waals surface area contributed by atoms with Gasteiger partial charge < -0.3 is 14.6 Å². The minimum atomic E-state index is -0.317. The van der Waals surface area contributed by atoms with Gasteiger partial charge in [0.25, 0.3) is 0 Å². The van der Waals surface area contributed by atoms with Gasteiger partial charge in [0.2, 0.25) is 0 Å². The number of rotatable bonds is 5. The zero-order chi connectivity index (χ0) is 19.8. The Bertz CT molecular complexity index is 885. The molecule has 0 saturated heterocycles. The van der Waals surface area contributed by atoms with Gasteiger partial charge in [0.05, 0.1) is 23.2 Å². The molecule has 1 N–H and O–H groups in total. The third-order valence-electron chi connectivity index (χ3n) is 4.21. The van der Waals surface area contributed by atoms with E-state index in [9.17, 15) is 4.79 Å². The Labute approximate surface area is 166 Å². The lowest BCUT2D eigenvalue weighted by atomic mass is 10.1. The molecule has 4 nitrogen and oxygen atoms in total. The molecule has 27 heavy (non-hydrogen) atoms. The Morgan fingerprint density at radius 1 is 1.11 bits per heavy atom. The molecule has 0 amide bonds. The maximum atomic E-state index is 11.6. The van der Waals surface area contributed by atoms with E-state index in [4.69, 9.17) is 16.3 Å². The highest BCUT2D eigenvalue weighted by molar-refractivity contribution is 6.36. The van der Waals surface area contributed by atoms with Gasteiger partial charge in [-0.15, -0.1) is 0 Å². The first-order valence-electron chi connectivity index (χ1n) is 9.08. The van der Waals surface area contributed by atoms with E-state index in [-0.39, 0.29) is 5.97 Å². The molecule has 0 bridgehead atoms. The largest absolute Gasteiger partial charge is 0.465 e. The second kappa shape index (κ2) is 10.1. The highest BCUT2D eigenvalue weighted by Crippen LogP contribution is 2.32. The average Bonchev–Trinajstić information content (AvgIpc) is 2.95. The van der Waals surface area contributed by atoms with Crippen molar-refractivity contribution in [2.75, 3.05) is 21.2 Å². The van der Waals surface area contributed by atoms with Crippen molar-refractivity contribution in [3.8, 4) is 0 Å². The third kappa shape index (κ3) is 4.90. The SMILES string of the molecule is CCCc1c(Cl)c2ccccc2n1Cc1ccc(C(=O)OC)cc1.CNC. The summed E-state index contributed by atoms with van der Waals surface area (Å²) < 4.78 is 7.02. The Morgan fingerprint density at radius 2 is 1.74 bits per heavy atom. The van der Waals surface area contributed by atoms with E-state index in [1.54, 1.807) is 12.1 Å². The Balaban J connectivity index is 0.000000817. The van der Waals surface area contributed by atoms with Crippen molar-refractivity contribution in [1.29, 1.82) is 0 Å². The summed E-state index contributed by atoms with van der Waals surface area (Å²) in [7, 11) is 5.14. The first-order valence-corrected chi connectivity index (χ1v) is 9.46. The van der Waals surface area contributed by atoms with Crippen molar-refractivity contribution in [1.82, 2.24) is 9.88 Å². The van der Waals surface area contributed by atoms with E-state index in [0.717, 1.165) is 46.6 Å². The van der Waals surface area contributed by atoms with Crippen molar-refractivity contribution >= 4 is 28.5 Å². The Kier molecular flexibility index (Phi) is 7.89. The number of carbonyl (C=O) groups is 1. The normalized spacial score (nSPS) is 10.4. The first-order chi connectivity index (χ1) is 13.1. The number of nitrogens with one attached hydrogen (secondary N) is 1. The maximum Gasteiger partial charge on any atom is 0.337 e. The summed E-state index contributed by atoms with van der Waals surface area (Å²) in [5.74, 6) is -0.317. The summed E-state index contributed by atoms with van der Waals surface area (Å²) in [6, 6.07) is 15.7. The smallest absolute Gasteiger partial charge is 0.337 e. The topological polar surface area (TPSA) is 43.3 Å². The molecule has 2 aromatic carbocycles. The van der Waals surface area contributed by atoms with Gasteiger partial charge >= 0.3 is 5.97 Å². The molecule has 0 saturated carbocycles. The van der Waals surface area contributed by atoms with Crippen LogP contribution in [0.1, 0.15) is 35.0 Å². The number of hydrogen-bond acceptors (Lipinski definition) is 3. The van der Waals surface area contributed by atoms with E-state index < -0.39 is 0 Å². The van der Waals surface area contributed by atoms with Crippen LogP contribution in [0.5, 0.6) is 0 Å². The van der Waals surface area contributed by atoms with Gasteiger partial charge in [-0.05, 0) is 44.3 Å². The standard InChI is InChI=1S/C20H20ClNO2.C2H7N/c1-3-6-18-19(21)16-7-4-5-8-17(16)22(18)13-14-9-11-15(12-10-14)20(23)24-2;1-3-2/h4-5,7-12H,3,6,13H2,1-2H3;3H,1-2H3. The van der Waals surface area contributed by atoms with Crippen molar-refractivity contribution in [3.63, 3.8) is 0 Å². The number of esters is 1. The van der Waals surface area contributed by atoms with E-state index >= 15 is 0 Å². The highest BCUT2D eigenvalue weighted by Gasteiger charge is 2.15. The van der Waals surface area contributed by atoms with E-state index in [1.165, 1.54) is 7.11 Å². The minimum Gasteiger partial charge on any atom is -0.465 e. The number of para-hydroxylation sites is 1. The summed E-state index contributed by atoms with van der Waals surface area (Å²) in [4.78, 5) is 11.6. The second-order valence-electron chi connectivity index (χ2n) is 6.30. The quantitative estimate of drug-likeness (QED) is 0.633. The molecule has 5 heteroatoms. The lowest BCUT2D eigenvalue weighted by molar-refractivity contribution is 0.0600. The number of aromatic nitrogens is 1. The lowest BCUT2D eigenvalue weighted by Gasteiger charge is -2.11. The molecule has 0 atom stereocenters. The molecule has 0 radical (unpaired) electrons. The number of nitrogens with zero attached hydrogens (tertiary/aromatic N) is 1. The minimum absolute atomic E-state index is 0.317. The van der Waals surface area contributed by atoms with Crippen LogP contribution in [0.3, 0.4) is 0 Å². The predicted molar refractivity (Wildman–Crippen MR) is 113 cm³/mol. The van der Waals surface area contributed by atoms with Crippen molar-refractivity contribution in [3.05, 3.63) is 70.4 Å². The maximum absolute atomic E-state index is 11.6. The summed E-state index contributed by atoms with van der Waals surface area (Å²) in [6.45, 7) is 2.88. The zero-order valence-electron chi connectivity index (χ0n) is 16.4. The van der Waals surface area contributed by atoms with Crippen LogP contribution >= 0.6 is 11.6 Å². The van der Waals surface area contributed by atoms with Gasteiger partial charge in [-0.3, -0.25) is 0 Å². The van der Waals surface area contributed by atoms with Crippen LogP contribution in [0, 0.1) is 0 Å². The molecule has 0 fully saturated rings. The van der Waals surface area contributed by atoms with Crippen LogP contribution in [-0.2, 0) is 17.7 Å². The number of hydrogen-bond donors (Lipinski definition) is 1. The molecule has 0 aliphatic rings. The molecule has 1 aromatic heterocycles. The van der Waals surface area contributed by atoms with Crippen LogP contribution in [-0.4, -0.2) is 31.7 Å². The molecule has 0 unspecified atom stereocenters. The van der Waals surface area contributed by atoms with Gasteiger partial charge in [-0.2, -0.15) is 0 Å². The number of methoxy groups -OCH3 is 1. The van der Waals surface area contributed by atoms with Crippen LogP contribution in [0.15, 0.2) is 48.5 Å². The van der Waals surface area contributed by atoms with Crippen molar-refractivity contribution < 1.29 is 9.53 Å². The highest BCUT2D eigenvalue weighted by atomic mass is 35.5. The van der Waals surface area contributed by atoms with Gasteiger partial charge in [-0.1, -0.05) is 55.3 Å². The lowest BCUT2D eigenvalue weighted by Crippen LogP contribution is -2.06. The molecule has 3 aromatic rings. The first kappa shape index (κ1) is 21.0. The van der Waals surface area contributed by atoms with Crippen LogP contribution < -0.4 is 5.32 Å². The molecular weight excluding hydrogens is 360 g/mol. The number of carbonyl (C=O) groups excluding carboxylic acids is 1. The Hall–Kier alpha value is -2.30. The molecule has 0 aliphatic carbocycles. The molecule has 0 aliphatic heterocycles. The molecule has 0 spiro atoms. The van der Waals surface area contributed by atoms with E-state index in [1.807, 2.05) is 38.4 Å². The number of ether oxygens (including phenoxy) is 1. The van der Waals surface area contributed by atoms with Crippen LogP contribution in [0.25, 0.3) is 10.9 Å². The number of halogens is 1. The average molecular weight is 387 g/mol. The fourth-order valence-corrected chi connectivity index (χ4v) is 3.38. The summed E-state index contributed by atoms with van der Waals surface area (Å²) in [6.07, 6.45) is 1.98. The van der Waals surface area contributed by atoms with Gasteiger partial charge in [0.1, 0.15) is 0 Å². The van der Waals surface area contributed by atoms with Crippen molar-refractivity contribution in [2.24, 2.45) is 0 Å².